The van der Waals surface area contributed by atoms with E-state index >= 15 is 0 Å². The van der Waals surface area contributed by atoms with Crippen molar-refractivity contribution in [2.75, 3.05) is 0 Å². The predicted molar refractivity (Wildman–Crippen MR) is 70.1 cm³/mol. The van der Waals surface area contributed by atoms with E-state index in [1.165, 1.54) is 25.4 Å². The van der Waals surface area contributed by atoms with Crippen molar-refractivity contribution >= 4 is 33.2 Å². The van der Waals surface area contributed by atoms with Crippen LogP contribution in [0.15, 0.2) is 46.0 Å². The molecule has 0 aliphatic heterocycles. The molecule has 0 saturated carbocycles. The summed E-state index contributed by atoms with van der Waals surface area (Å²) < 4.78 is 4.21. The summed E-state index contributed by atoms with van der Waals surface area (Å²) in [5, 5.41) is 18.6. The molecular formula is C12H11N3O2S. The standard InChI is InChI=1S/C12H11N3O2S/c1-7(16)11(8(2)17)13-14-12-9-5-3-4-6-10(9)15-18-12/h3-6,16H,1-2H3/b11-7-,14-13?. The number of hydrogen-bond acceptors (Lipinski definition) is 6. The average molecular weight is 261 g/mol. The monoisotopic (exact) mass is 261 g/mol. The number of aromatic nitrogens is 1. The Bertz CT molecular complexity index is 654. The van der Waals surface area contributed by atoms with Crippen LogP contribution in [0.4, 0.5) is 5.00 Å². The summed E-state index contributed by atoms with van der Waals surface area (Å²) >= 11 is 1.20. The van der Waals surface area contributed by atoms with Crippen LogP contribution in [0.2, 0.25) is 0 Å². The van der Waals surface area contributed by atoms with E-state index in [1.54, 1.807) is 0 Å². The zero-order chi connectivity index (χ0) is 13.1. The number of allylic oxidation sites excluding steroid dienone is 2. The van der Waals surface area contributed by atoms with E-state index < -0.39 is 0 Å². The van der Waals surface area contributed by atoms with E-state index in [1.807, 2.05) is 24.3 Å². The molecule has 0 spiro atoms. The normalized spacial score (nSPS) is 13.0. The zero-order valence-corrected chi connectivity index (χ0v) is 10.7. The summed E-state index contributed by atoms with van der Waals surface area (Å²) in [7, 11) is 0. The molecule has 0 saturated heterocycles. The van der Waals surface area contributed by atoms with Crippen molar-refractivity contribution in [1.29, 1.82) is 0 Å². The number of carbonyl (C=O) groups is 1. The number of aliphatic hydroxyl groups is 1. The lowest BCUT2D eigenvalue weighted by Crippen LogP contribution is -1.96. The Labute approximate surface area is 108 Å². The van der Waals surface area contributed by atoms with Crippen LogP contribution in [0, 0.1) is 0 Å². The van der Waals surface area contributed by atoms with Crippen molar-refractivity contribution < 1.29 is 9.90 Å². The van der Waals surface area contributed by atoms with Gasteiger partial charge in [-0.3, -0.25) is 4.79 Å². The molecule has 0 unspecified atom stereocenters. The lowest BCUT2D eigenvalue weighted by molar-refractivity contribution is -0.113. The van der Waals surface area contributed by atoms with Gasteiger partial charge < -0.3 is 5.11 Å². The van der Waals surface area contributed by atoms with E-state index in [0.29, 0.717) is 5.00 Å². The maximum absolute atomic E-state index is 11.2. The van der Waals surface area contributed by atoms with Crippen molar-refractivity contribution in [3.05, 3.63) is 35.7 Å². The summed E-state index contributed by atoms with van der Waals surface area (Å²) in [4.78, 5) is 11.2. The summed E-state index contributed by atoms with van der Waals surface area (Å²) in [6.07, 6.45) is 0. The highest BCUT2D eigenvalue weighted by molar-refractivity contribution is 7.11. The zero-order valence-electron chi connectivity index (χ0n) is 9.91. The van der Waals surface area contributed by atoms with Crippen LogP contribution >= 0.6 is 11.5 Å². The second kappa shape index (κ2) is 5.05. The topological polar surface area (TPSA) is 74.9 Å². The molecule has 92 valence electrons. The van der Waals surface area contributed by atoms with Gasteiger partial charge in [-0.25, -0.2) is 0 Å². The van der Waals surface area contributed by atoms with Gasteiger partial charge in [0.2, 0.25) is 0 Å². The minimum absolute atomic E-state index is 0.0347. The first-order valence-corrected chi connectivity index (χ1v) is 6.04. The highest BCUT2D eigenvalue weighted by Crippen LogP contribution is 2.30. The van der Waals surface area contributed by atoms with Crippen molar-refractivity contribution in [1.82, 2.24) is 4.37 Å². The SMILES string of the molecule is CC(=O)/C(N=Nc1snc2ccccc12)=C(\C)O. The van der Waals surface area contributed by atoms with Crippen LogP contribution < -0.4 is 0 Å². The molecule has 2 rings (SSSR count). The number of fused-ring (bicyclic) bond motifs is 1. The lowest BCUT2D eigenvalue weighted by Gasteiger charge is -1.95. The highest BCUT2D eigenvalue weighted by atomic mass is 32.1. The minimum Gasteiger partial charge on any atom is -0.510 e. The largest absolute Gasteiger partial charge is 0.510 e. The Morgan fingerprint density at radius 2 is 2.06 bits per heavy atom. The van der Waals surface area contributed by atoms with Gasteiger partial charge in [0.1, 0.15) is 5.76 Å². The second-order valence-corrected chi connectivity index (χ2v) is 4.45. The molecule has 5 nitrogen and oxygen atoms in total. The van der Waals surface area contributed by atoms with Gasteiger partial charge in [-0.2, -0.15) is 4.37 Å². The first-order chi connectivity index (χ1) is 8.59. The fourth-order valence-corrected chi connectivity index (χ4v) is 2.13. The number of nitrogens with zero attached hydrogens (tertiary/aromatic N) is 3. The average Bonchev–Trinajstić information content (AvgIpc) is 2.72. The Morgan fingerprint density at radius 1 is 1.33 bits per heavy atom. The van der Waals surface area contributed by atoms with Crippen LogP contribution in [0.1, 0.15) is 13.8 Å². The summed E-state index contributed by atoms with van der Waals surface area (Å²) in [5.74, 6) is -0.465. The molecule has 1 aromatic carbocycles. The molecule has 0 bridgehead atoms. The van der Waals surface area contributed by atoms with Crippen molar-refractivity contribution in [3.8, 4) is 0 Å². The molecule has 2 aromatic rings. The van der Waals surface area contributed by atoms with Gasteiger partial charge in [0.15, 0.2) is 16.5 Å². The van der Waals surface area contributed by atoms with Gasteiger partial charge in [0, 0.05) is 12.3 Å². The molecular weight excluding hydrogens is 250 g/mol. The summed E-state index contributed by atoms with van der Waals surface area (Å²) in [6, 6.07) is 7.54. The second-order valence-electron chi connectivity index (χ2n) is 3.70. The van der Waals surface area contributed by atoms with Crippen LogP contribution in [0.25, 0.3) is 10.9 Å². The molecule has 18 heavy (non-hydrogen) atoms. The quantitative estimate of drug-likeness (QED) is 0.519. The third-order valence-electron chi connectivity index (χ3n) is 2.28. The number of ketones is 1. The molecule has 1 N–H and O–H groups in total. The number of aliphatic hydroxyl groups excluding tert-OH is 1. The molecule has 0 fully saturated rings. The number of rotatable bonds is 3. The summed E-state index contributed by atoms with van der Waals surface area (Å²) in [5.41, 5.74) is 0.804. The predicted octanol–water partition coefficient (Wildman–Crippen LogP) is 3.76. The number of Topliss-reactive ketones (excluding diaryl/α,β-unsaturated/α-hetero) is 1. The first kappa shape index (κ1) is 12.4. The van der Waals surface area contributed by atoms with Gasteiger partial charge in [-0.15, -0.1) is 10.2 Å². The smallest absolute Gasteiger partial charge is 0.183 e. The van der Waals surface area contributed by atoms with Crippen LogP contribution in [0.3, 0.4) is 0 Å². The summed E-state index contributed by atoms with van der Waals surface area (Å²) in [6.45, 7) is 2.74. The van der Waals surface area contributed by atoms with Crippen LogP contribution in [-0.2, 0) is 4.79 Å². The Balaban J connectivity index is 2.40. The third kappa shape index (κ3) is 2.43. The molecule has 1 heterocycles. The van der Waals surface area contributed by atoms with Crippen LogP contribution in [-0.4, -0.2) is 15.3 Å². The highest BCUT2D eigenvalue weighted by Gasteiger charge is 2.08. The van der Waals surface area contributed by atoms with Crippen LogP contribution in [0.5, 0.6) is 0 Å². The van der Waals surface area contributed by atoms with E-state index in [-0.39, 0.29) is 17.2 Å². The molecule has 0 atom stereocenters. The molecule has 0 radical (unpaired) electrons. The molecule has 0 amide bonds. The van der Waals surface area contributed by atoms with Crippen molar-refractivity contribution in [3.63, 3.8) is 0 Å². The first-order valence-electron chi connectivity index (χ1n) is 5.26. The van der Waals surface area contributed by atoms with Gasteiger partial charge in [0.05, 0.1) is 5.52 Å². The molecule has 0 aliphatic rings. The van der Waals surface area contributed by atoms with Crippen molar-refractivity contribution in [2.24, 2.45) is 10.2 Å². The van der Waals surface area contributed by atoms with Gasteiger partial charge in [-0.05, 0) is 30.6 Å². The van der Waals surface area contributed by atoms with E-state index in [2.05, 4.69) is 14.6 Å². The van der Waals surface area contributed by atoms with E-state index in [0.717, 1.165) is 10.9 Å². The Hall–Kier alpha value is -2.08. The van der Waals surface area contributed by atoms with Gasteiger partial charge in [0.25, 0.3) is 0 Å². The van der Waals surface area contributed by atoms with E-state index in [9.17, 15) is 9.90 Å². The fraction of sp³-hybridized carbons (Fsp3) is 0.167. The number of azo groups is 1. The van der Waals surface area contributed by atoms with E-state index in [4.69, 9.17) is 0 Å². The third-order valence-corrected chi connectivity index (χ3v) is 3.04. The maximum atomic E-state index is 11.2. The van der Waals surface area contributed by atoms with Crippen molar-refractivity contribution in [2.45, 2.75) is 13.8 Å². The number of carbonyl (C=O) groups excluding carboxylic acids is 1. The maximum Gasteiger partial charge on any atom is 0.183 e. The Kier molecular flexibility index (Phi) is 3.47. The molecule has 1 aromatic heterocycles. The van der Waals surface area contributed by atoms with Gasteiger partial charge >= 0.3 is 0 Å². The Morgan fingerprint density at radius 3 is 2.72 bits per heavy atom. The van der Waals surface area contributed by atoms with Gasteiger partial charge in [-0.1, -0.05) is 12.1 Å². The molecule has 6 heteroatoms. The fourth-order valence-electron chi connectivity index (χ4n) is 1.44. The number of benzene rings is 1. The minimum atomic E-state index is -0.326. The lowest BCUT2D eigenvalue weighted by atomic mass is 10.2. The number of hydrogen-bond donors (Lipinski definition) is 1. The molecule has 0 aliphatic carbocycles.